The molecule has 18 heavy (non-hydrogen) atoms. The molecule has 100 valence electrons. The summed E-state index contributed by atoms with van der Waals surface area (Å²) in [6, 6.07) is 0. The summed E-state index contributed by atoms with van der Waals surface area (Å²) in [5.74, 6) is 0. The standard InChI is InChI=1S/C10H17N5O2S/c1-10(6-12-9(16)17)2-4-15(5-3-10)8-14-13-7(11)18-8/h12H,2-6H2,1H3,(H2,11,13)(H,16,17). The first-order valence-electron chi connectivity index (χ1n) is 5.79. The number of nitrogens with zero attached hydrogens (tertiary/aromatic N) is 3. The summed E-state index contributed by atoms with van der Waals surface area (Å²) in [5.41, 5.74) is 5.58. The predicted molar refractivity (Wildman–Crippen MR) is 69.9 cm³/mol. The van der Waals surface area contributed by atoms with Gasteiger partial charge in [0.05, 0.1) is 0 Å². The average Bonchev–Trinajstić information content (AvgIpc) is 2.75. The SMILES string of the molecule is CC1(CNC(=O)O)CCN(c2nnc(N)s2)CC1. The summed E-state index contributed by atoms with van der Waals surface area (Å²) in [6.07, 6.45) is 0.884. The Bertz CT molecular complexity index is 428. The van der Waals surface area contributed by atoms with Gasteiger partial charge in [-0.05, 0) is 18.3 Å². The van der Waals surface area contributed by atoms with Crippen LogP contribution in [0.4, 0.5) is 15.1 Å². The van der Waals surface area contributed by atoms with Gasteiger partial charge >= 0.3 is 6.09 Å². The monoisotopic (exact) mass is 271 g/mol. The van der Waals surface area contributed by atoms with E-state index in [0.717, 1.165) is 31.1 Å². The van der Waals surface area contributed by atoms with Crippen molar-refractivity contribution in [2.24, 2.45) is 5.41 Å². The molecule has 8 heteroatoms. The van der Waals surface area contributed by atoms with E-state index in [1.165, 1.54) is 11.3 Å². The van der Waals surface area contributed by atoms with Crippen LogP contribution in [0.15, 0.2) is 0 Å². The fourth-order valence-electron chi connectivity index (χ4n) is 2.06. The Balaban J connectivity index is 1.89. The second kappa shape index (κ2) is 4.97. The topological polar surface area (TPSA) is 104 Å². The molecule has 2 heterocycles. The van der Waals surface area contributed by atoms with Crippen LogP contribution in [0.3, 0.4) is 0 Å². The van der Waals surface area contributed by atoms with Crippen molar-refractivity contribution >= 4 is 27.7 Å². The van der Waals surface area contributed by atoms with E-state index in [-0.39, 0.29) is 5.41 Å². The second-order valence-electron chi connectivity index (χ2n) is 4.88. The first-order chi connectivity index (χ1) is 8.48. The zero-order chi connectivity index (χ0) is 13.2. The van der Waals surface area contributed by atoms with Crippen LogP contribution < -0.4 is 16.0 Å². The Hall–Kier alpha value is -1.57. The Morgan fingerprint density at radius 1 is 1.56 bits per heavy atom. The van der Waals surface area contributed by atoms with E-state index < -0.39 is 6.09 Å². The molecule has 1 aliphatic heterocycles. The molecule has 0 spiro atoms. The summed E-state index contributed by atoms with van der Waals surface area (Å²) >= 11 is 1.38. The van der Waals surface area contributed by atoms with Gasteiger partial charge in [0.2, 0.25) is 10.3 Å². The summed E-state index contributed by atoms with van der Waals surface area (Å²) in [4.78, 5) is 12.7. The maximum atomic E-state index is 10.5. The van der Waals surface area contributed by atoms with Crippen molar-refractivity contribution in [1.29, 1.82) is 0 Å². The van der Waals surface area contributed by atoms with Crippen LogP contribution in [0.2, 0.25) is 0 Å². The molecule has 1 fully saturated rings. The number of nitrogens with two attached hydrogens (primary N) is 1. The molecule has 1 aliphatic rings. The average molecular weight is 271 g/mol. The zero-order valence-electron chi connectivity index (χ0n) is 10.2. The van der Waals surface area contributed by atoms with E-state index >= 15 is 0 Å². The van der Waals surface area contributed by atoms with Crippen molar-refractivity contribution < 1.29 is 9.90 Å². The van der Waals surface area contributed by atoms with Crippen LogP contribution in [0.5, 0.6) is 0 Å². The Kier molecular flexibility index (Phi) is 3.55. The lowest BCUT2D eigenvalue weighted by Crippen LogP contribution is -2.44. The number of hydrogen-bond donors (Lipinski definition) is 3. The highest BCUT2D eigenvalue weighted by Crippen LogP contribution is 2.33. The van der Waals surface area contributed by atoms with Gasteiger partial charge in [-0.3, -0.25) is 0 Å². The van der Waals surface area contributed by atoms with Gasteiger partial charge < -0.3 is 21.1 Å². The van der Waals surface area contributed by atoms with Crippen LogP contribution in [0, 0.1) is 5.41 Å². The van der Waals surface area contributed by atoms with Crippen LogP contribution in [0.1, 0.15) is 19.8 Å². The molecule has 0 atom stereocenters. The van der Waals surface area contributed by atoms with Gasteiger partial charge in [-0.25, -0.2) is 4.79 Å². The predicted octanol–water partition coefficient (Wildman–Crippen LogP) is 0.994. The first-order valence-corrected chi connectivity index (χ1v) is 6.61. The first kappa shape index (κ1) is 12.9. The fourth-order valence-corrected chi connectivity index (χ4v) is 2.72. The molecule has 0 bridgehead atoms. The highest BCUT2D eigenvalue weighted by molar-refractivity contribution is 7.18. The number of aromatic nitrogens is 2. The summed E-state index contributed by atoms with van der Waals surface area (Å²) < 4.78 is 0. The molecule has 0 unspecified atom stereocenters. The van der Waals surface area contributed by atoms with Gasteiger partial charge in [-0.1, -0.05) is 18.3 Å². The van der Waals surface area contributed by atoms with Crippen LogP contribution >= 0.6 is 11.3 Å². The van der Waals surface area contributed by atoms with E-state index in [2.05, 4.69) is 27.3 Å². The number of rotatable bonds is 3. The molecule has 0 aliphatic carbocycles. The van der Waals surface area contributed by atoms with Gasteiger partial charge in [-0.2, -0.15) is 0 Å². The number of piperidine rings is 1. The molecule has 0 saturated carbocycles. The third-order valence-electron chi connectivity index (χ3n) is 3.34. The van der Waals surface area contributed by atoms with Crippen molar-refractivity contribution in [3.8, 4) is 0 Å². The number of nitrogens with one attached hydrogen (secondary N) is 1. The zero-order valence-corrected chi connectivity index (χ0v) is 11.0. The third kappa shape index (κ3) is 3.00. The second-order valence-corrected chi connectivity index (χ2v) is 5.87. The number of anilines is 2. The molecule has 1 saturated heterocycles. The largest absolute Gasteiger partial charge is 0.465 e. The molecule has 1 aromatic rings. The van der Waals surface area contributed by atoms with Crippen LogP contribution in [-0.2, 0) is 0 Å². The number of carboxylic acid groups (broad SMARTS) is 1. The molecule has 7 nitrogen and oxygen atoms in total. The third-order valence-corrected chi connectivity index (χ3v) is 4.15. The summed E-state index contributed by atoms with van der Waals surface area (Å²) in [5, 5.41) is 20.3. The lowest BCUT2D eigenvalue weighted by Gasteiger charge is -2.38. The Morgan fingerprint density at radius 3 is 2.72 bits per heavy atom. The number of hydrogen-bond acceptors (Lipinski definition) is 6. The van der Waals surface area contributed by atoms with E-state index in [0.29, 0.717) is 11.7 Å². The normalized spacial score (nSPS) is 18.6. The van der Waals surface area contributed by atoms with Gasteiger partial charge in [-0.15, -0.1) is 10.2 Å². The maximum absolute atomic E-state index is 10.5. The Labute approximate surface area is 109 Å². The van der Waals surface area contributed by atoms with Gasteiger partial charge in [0, 0.05) is 19.6 Å². The van der Waals surface area contributed by atoms with Crippen molar-refractivity contribution in [3.63, 3.8) is 0 Å². The van der Waals surface area contributed by atoms with E-state index in [4.69, 9.17) is 10.8 Å². The maximum Gasteiger partial charge on any atom is 0.404 e. The molecule has 1 aromatic heterocycles. The molecular weight excluding hydrogens is 254 g/mol. The molecule has 2 rings (SSSR count). The minimum Gasteiger partial charge on any atom is -0.465 e. The van der Waals surface area contributed by atoms with Crippen molar-refractivity contribution in [2.45, 2.75) is 19.8 Å². The van der Waals surface area contributed by atoms with Crippen LogP contribution in [0.25, 0.3) is 0 Å². The van der Waals surface area contributed by atoms with Gasteiger partial charge in [0.15, 0.2) is 0 Å². The highest BCUT2D eigenvalue weighted by atomic mass is 32.1. The lowest BCUT2D eigenvalue weighted by atomic mass is 9.80. The van der Waals surface area contributed by atoms with Crippen molar-refractivity contribution in [2.75, 3.05) is 30.3 Å². The van der Waals surface area contributed by atoms with E-state index in [9.17, 15) is 4.79 Å². The quantitative estimate of drug-likeness (QED) is 0.757. The molecule has 1 amide bonds. The highest BCUT2D eigenvalue weighted by Gasteiger charge is 2.31. The fraction of sp³-hybridized carbons (Fsp3) is 0.700. The molecular formula is C10H17N5O2S. The minimum atomic E-state index is -0.962. The van der Waals surface area contributed by atoms with E-state index in [1.54, 1.807) is 0 Å². The Morgan fingerprint density at radius 2 is 2.22 bits per heavy atom. The van der Waals surface area contributed by atoms with Crippen LogP contribution in [-0.4, -0.2) is 41.0 Å². The number of amides is 1. The van der Waals surface area contributed by atoms with Gasteiger partial charge in [0.1, 0.15) is 0 Å². The number of carbonyl (C=O) groups is 1. The smallest absolute Gasteiger partial charge is 0.404 e. The van der Waals surface area contributed by atoms with Crippen molar-refractivity contribution in [1.82, 2.24) is 15.5 Å². The van der Waals surface area contributed by atoms with E-state index in [1.807, 2.05) is 0 Å². The lowest BCUT2D eigenvalue weighted by molar-refractivity contribution is 0.178. The summed E-state index contributed by atoms with van der Waals surface area (Å²) in [6.45, 7) is 4.31. The molecule has 4 N–H and O–H groups in total. The summed E-state index contributed by atoms with van der Waals surface area (Å²) in [7, 11) is 0. The molecule has 0 radical (unpaired) electrons. The van der Waals surface area contributed by atoms with Crippen molar-refractivity contribution in [3.05, 3.63) is 0 Å². The number of nitrogen functional groups attached to an aromatic ring is 1. The van der Waals surface area contributed by atoms with Gasteiger partial charge in [0.25, 0.3) is 0 Å². The molecule has 0 aromatic carbocycles. The minimum absolute atomic E-state index is 0.0190.